The lowest BCUT2D eigenvalue weighted by molar-refractivity contribution is 0.192. The summed E-state index contributed by atoms with van der Waals surface area (Å²) in [5.74, 6) is 0.843. The Morgan fingerprint density at radius 1 is 1.41 bits per heavy atom. The predicted octanol–water partition coefficient (Wildman–Crippen LogP) is 1.55. The zero-order chi connectivity index (χ0) is 16.2. The number of nitrogens with zero attached hydrogens (tertiary/aromatic N) is 1. The molecule has 1 aliphatic heterocycles. The molecule has 6 nitrogen and oxygen atoms in total. The van der Waals surface area contributed by atoms with Gasteiger partial charge >= 0.3 is 6.03 Å². The minimum atomic E-state index is -2.99. The summed E-state index contributed by atoms with van der Waals surface area (Å²) in [7, 11) is -1.35. The van der Waals surface area contributed by atoms with Gasteiger partial charge in [0.05, 0.1) is 18.1 Å². The Kier molecular flexibility index (Phi) is 5.52. The normalized spacial score (nSPS) is 19.6. The molecular weight excluding hydrogens is 328 g/mol. The molecule has 22 heavy (non-hydrogen) atoms. The van der Waals surface area contributed by atoms with Gasteiger partial charge in [-0.05, 0) is 30.7 Å². The van der Waals surface area contributed by atoms with Crippen molar-refractivity contribution in [2.45, 2.75) is 12.5 Å². The highest BCUT2D eigenvalue weighted by molar-refractivity contribution is 7.91. The average Bonchev–Trinajstić information content (AvgIpc) is 2.80. The van der Waals surface area contributed by atoms with Crippen LogP contribution < -0.4 is 10.1 Å². The first-order chi connectivity index (χ1) is 10.4. The maximum absolute atomic E-state index is 11.9. The molecule has 1 unspecified atom stereocenters. The van der Waals surface area contributed by atoms with E-state index in [4.69, 9.17) is 16.3 Å². The van der Waals surface area contributed by atoms with E-state index >= 15 is 0 Å². The highest BCUT2D eigenvalue weighted by Crippen LogP contribution is 2.15. The van der Waals surface area contributed by atoms with Crippen molar-refractivity contribution in [3.63, 3.8) is 0 Å². The maximum Gasteiger partial charge on any atom is 0.317 e. The molecule has 1 aromatic carbocycles. The number of hydrogen-bond acceptors (Lipinski definition) is 4. The van der Waals surface area contributed by atoms with Crippen molar-refractivity contribution in [3.05, 3.63) is 29.3 Å². The van der Waals surface area contributed by atoms with Crippen LogP contribution in [0.25, 0.3) is 0 Å². The molecule has 1 atom stereocenters. The fraction of sp³-hybridized carbons (Fsp3) is 0.500. The van der Waals surface area contributed by atoms with Crippen molar-refractivity contribution in [1.29, 1.82) is 0 Å². The number of urea groups is 1. The minimum Gasteiger partial charge on any atom is -0.492 e. The summed E-state index contributed by atoms with van der Waals surface area (Å²) < 4.78 is 28.2. The van der Waals surface area contributed by atoms with E-state index in [0.717, 1.165) is 0 Å². The number of sulfone groups is 1. The number of carbonyl (C=O) groups excluding carboxylic acids is 1. The van der Waals surface area contributed by atoms with Crippen LogP contribution >= 0.6 is 11.6 Å². The topological polar surface area (TPSA) is 75.7 Å². The van der Waals surface area contributed by atoms with Crippen LogP contribution in [0.5, 0.6) is 5.75 Å². The molecule has 1 aromatic rings. The number of ether oxygens (including phenoxy) is 1. The SMILES string of the molecule is CN(CCOc1ccc(Cl)cc1)C(=O)NC1CCS(=O)(=O)C1. The van der Waals surface area contributed by atoms with E-state index < -0.39 is 9.84 Å². The van der Waals surface area contributed by atoms with Gasteiger partial charge in [0.15, 0.2) is 9.84 Å². The van der Waals surface area contributed by atoms with Gasteiger partial charge in [-0.15, -0.1) is 0 Å². The van der Waals surface area contributed by atoms with E-state index in [2.05, 4.69) is 5.32 Å². The van der Waals surface area contributed by atoms with E-state index in [1.807, 2.05) is 0 Å². The summed E-state index contributed by atoms with van der Waals surface area (Å²) in [6.07, 6.45) is 0.475. The quantitative estimate of drug-likeness (QED) is 0.877. The van der Waals surface area contributed by atoms with E-state index in [1.54, 1.807) is 31.3 Å². The fourth-order valence-corrected chi connectivity index (χ4v) is 3.93. The third-order valence-electron chi connectivity index (χ3n) is 3.42. The number of halogens is 1. The van der Waals surface area contributed by atoms with Gasteiger partial charge in [0.1, 0.15) is 12.4 Å². The highest BCUT2D eigenvalue weighted by Gasteiger charge is 2.29. The molecule has 0 radical (unpaired) electrons. The van der Waals surface area contributed by atoms with Crippen molar-refractivity contribution in [1.82, 2.24) is 10.2 Å². The largest absolute Gasteiger partial charge is 0.492 e. The first-order valence-electron chi connectivity index (χ1n) is 6.96. The van der Waals surface area contributed by atoms with E-state index in [-0.39, 0.29) is 23.6 Å². The maximum atomic E-state index is 11.9. The van der Waals surface area contributed by atoms with Crippen LogP contribution in [-0.4, -0.2) is 57.1 Å². The van der Waals surface area contributed by atoms with Crippen molar-refractivity contribution >= 4 is 27.5 Å². The van der Waals surface area contributed by atoms with Crippen molar-refractivity contribution in [3.8, 4) is 5.75 Å². The van der Waals surface area contributed by atoms with Crippen LogP contribution in [0.15, 0.2) is 24.3 Å². The minimum absolute atomic E-state index is 0.0217. The van der Waals surface area contributed by atoms with Crippen LogP contribution in [0.1, 0.15) is 6.42 Å². The molecule has 0 spiro atoms. The van der Waals surface area contributed by atoms with E-state index in [0.29, 0.717) is 30.3 Å². The molecule has 1 saturated heterocycles. The molecule has 1 N–H and O–H groups in total. The van der Waals surface area contributed by atoms with Gasteiger partial charge < -0.3 is 15.0 Å². The molecule has 8 heteroatoms. The average molecular weight is 347 g/mol. The van der Waals surface area contributed by atoms with Gasteiger partial charge in [-0.25, -0.2) is 13.2 Å². The summed E-state index contributed by atoms with van der Waals surface area (Å²) in [5, 5.41) is 3.36. The first kappa shape index (κ1) is 16.9. The summed E-state index contributed by atoms with van der Waals surface area (Å²) in [6, 6.07) is 6.39. The molecule has 122 valence electrons. The Balaban J connectivity index is 1.71. The number of carbonyl (C=O) groups is 1. The fourth-order valence-electron chi connectivity index (χ4n) is 2.13. The lowest BCUT2D eigenvalue weighted by atomic mass is 10.3. The van der Waals surface area contributed by atoms with Crippen molar-refractivity contribution in [2.24, 2.45) is 0 Å². The first-order valence-corrected chi connectivity index (χ1v) is 9.16. The van der Waals surface area contributed by atoms with Gasteiger partial charge in [-0.3, -0.25) is 0 Å². The predicted molar refractivity (Wildman–Crippen MR) is 85.2 cm³/mol. The molecule has 0 aliphatic carbocycles. The highest BCUT2D eigenvalue weighted by atomic mass is 35.5. The second-order valence-electron chi connectivity index (χ2n) is 5.27. The zero-order valence-corrected chi connectivity index (χ0v) is 13.9. The molecule has 1 heterocycles. The molecule has 1 aliphatic rings. The molecule has 0 bridgehead atoms. The number of amides is 2. The number of hydrogen-bond donors (Lipinski definition) is 1. The number of benzene rings is 1. The van der Waals surface area contributed by atoms with Crippen LogP contribution in [0.2, 0.25) is 5.02 Å². The monoisotopic (exact) mass is 346 g/mol. The number of rotatable bonds is 5. The van der Waals surface area contributed by atoms with Gasteiger partial charge in [-0.2, -0.15) is 0 Å². The Morgan fingerprint density at radius 2 is 2.09 bits per heavy atom. The smallest absolute Gasteiger partial charge is 0.317 e. The Hall–Kier alpha value is -1.47. The van der Waals surface area contributed by atoms with Crippen LogP contribution in [-0.2, 0) is 9.84 Å². The molecule has 2 amide bonds. The van der Waals surface area contributed by atoms with Crippen LogP contribution in [0.4, 0.5) is 4.79 Å². The third kappa shape index (κ3) is 5.06. The van der Waals surface area contributed by atoms with E-state index in [9.17, 15) is 13.2 Å². The lowest BCUT2D eigenvalue weighted by Crippen LogP contribution is -2.44. The Labute approximate surface area is 135 Å². The second kappa shape index (κ2) is 7.19. The van der Waals surface area contributed by atoms with Gasteiger partial charge in [-0.1, -0.05) is 11.6 Å². The van der Waals surface area contributed by atoms with Crippen LogP contribution in [0.3, 0.4) is 0 Å². The standard InChI is InChI=1S/C14H19ClN2O4S/c1-17(7-8-21-13-4-2-11(15)3-5-13)14(18)16-12-6-9-22(19,20)10-12/h2-5,12H,6-10H2,1H3,(H,16,18). The van der Waals surface area contributed by atoms with Crippen molar-refractivity contribution < 1.29 is 17.9 Å². The summed E-state index contributed by atoms with van der Waals surface area (Å²) >= 11 is 5.78. The molecule has 0 saturated carbocycles. The molecule has 2 rings (SSSR count). The molecule has 1 fully saturated rings. The summed E-state index contributed by atoms with van der Waals surface area (Å²) in [6.45, 7) is 0.739. The molecular formula is C14H19ClN2O4S. The lowest BCUT2D eigenvalue weighted by Gasteiger charge is -2.20. The third-order valence-corrected chi connectivity index (χ3v) is 5.44. The second-order valence-corrected chi connectivity index (χ2v) is 7.94. The van der Waals surface area contributed by atoms with Gasteiger partial charge in [0, 0.05) is 18.1 Å². The summed E-state index contributed by atoms with van der Waals surface area (Å²) in [5.41, 5.74) is 0. The summed E-state index contributed by atoms with van der Waals surface area (Å²) in [4.78, 5) is 13.4. The van der Waals surface area contributed by atoms with Gasteiger partial charge in [0.2, 0.25) is 0 Å². The molecule has 0 aromatic heterocycles. The van der Waals surface area contributed by atoms with E-state index in [1.165, 1.54) is 4.90 Å². The number of nitrogens with one attached hydrogen (secondary N) is 1. The number of likely N-dealkylation sites (N-methyl/N-ethyl adjacent to an activating group) is 1. The van der Waals surface area contributed by atoms with Crippen molar-refractivity contribution in [2.75, 3.05) is 31.7 Å². The Bertz CT molecular complexity index is 618. The zero-order valence-electron chi connectivity index (χ0n) is 12.3. The Morgan fingerprint density at radius 3 is 2.68 bits per heavy atom. The van der Waals surface area contributed by atoms with Gasteiger partial charge in [0.25, 0.3) is 0 Å². The van der Waals surface area contributed by atoms with Crippen LogP contribution in [0, 0.1) is 0 Å².